The first-order chi connectivity index (χ1) is 13.2. The van der Waals surface area contributed by atoms with Crippen molar-refractivity contribution in [3.8, 4) is 17.2 Å². The standard InChI is InChI=1S/C23H30O5/c1-16-6-10-19(23(2,3)4)21(14-16)28-13-12-27-20-15-18(26-5)9-7-17(20)8-11-22(24)25/h6-7,9-10,14-15H,8,11-13H2,1-5H3,(H,24,25). The van der Waals surface area contributed by atoms with Crippen molar-refractivity contribution in [1.82, 2.24) is 0 Å². The highest BCUT2D eigenvalue weighted by Crippen LogP contribution is 2.32. The molecule has 0 aromatic heterocycles. The zero-order valence-electron chi connectivity index (χ0n) is 17.4. The number of carbonyl (C=O) groups is 1. The van der Waals surface area contributed by atoms with Gasteiger partial charge in [-0.25, -0.2) is 0 Å². The fourth-order valence-electron chi connectivity index (χ4n) is 2.92. The van der Waals surface area contributed by atoms with Gasteiger partial charge in [0.05, 0.1) is 7.11 Å². The minimum atomic E-state index is -0.834. The van der Waals surface area contributed by atoms with Crippen LogP contribution >= 0.6 is 0 Å². The van der Waals surface area contributed by atoms with Crippen molar-refractivity contribution < 1.29 is 24.1 Å². The SMILES string of the molecule is COc1ccc(CCC(=O)O)c(OCCOc2cc(C)ccc2C(C)(C)C)c1. The van der Waals surface area contributed by atoms with Gasteiger partial charge in [0, 0.05) is 12.5 Å². The molecule has 152 valence electrons. The van der Waals surface area contributed by atoms with Crippen molar-refractivity contribution in [3.63, 3.8) is 0 Å². The van der Waals surface area contributed by atoms with E-state index in [1.165, 1.54) is 0 Å². The molecule has 1 N–H and O–H groups in total. The zero-order chi connectivity index (χ0) is 20.7. The number of aliphatic carboxylic acids is 1. The van der Waals surface area contributed by atoms with E-state index in [0.717, 1.165) is 22.4 Å². The van der Waals surface area contributed by atoms with E-state index < -0.39 is 5.97 Å². The largest absolute Gasteiger partial charge is 0.497 e. The number of methoxy groups -OCH3 is 1. The van der Waals surface area contributed by atoms with Gasteiger partial charge in [0.25, 0.3) is 0 Å². The van der Waals surface area contributed by atoms with E-state index in [1.807, 2.05) is 25.1 Å². The Bertz CT molecular complexity index is 805. The lowest BCUT2D eigenvalue weighted by Gasteiger charge is -2.23. The lowest BCUT2D eigenvalue weighted by Crippen LogP contribution is -2.16. The molecule has 0 bridgehead atoms. The van der Waals surface area contributed by atoms with Gasteiger partial charge in [-0.3, -0.25) is 4.79 Å². The van der Waals surface area contributed by atoms with Crippen LogP contribution in [0.15, 0.2) is 36.4 Å². The van der Waals surface area contributed by atoms with Crippen LogP contribution in [0, 0.1) is 6.92 Å². The zero-order valence-corrected chi connectivity index (χ0v) is 17.4. The smallest absolute Gasteiger partial charge is 0.303 e. The third-order valence-electron chi connectivity index (χ3n) is 4.43. The summed E-state index contributed by atoms with van der Waals surface area (Å²) in [5, 5.41) is 8.94. The van der Waals surface area contributed by atoms with E-state index in [-0.39, 0.29) is 11.8 Å². The molecule has 2 rings (SSSR count). The van der Waals surface area contributed by atoms with Crippen LogP contribution in [-0.4, -0.2) is 31.4 Å². The molecule has 0 unspecified atom stereocenters. The molecule has 0 aliphatic heterocycles. The second kappa shape index (κ2) is 9.49. The normalized spacial score (nSPS) is 11.2. The highest BCUT2D eigenvalue weighted by molar-refractivity contribution is 5.67. The highest BCUT2D eigenvalue weighted by atomic mass is 16.5. The minimum Gasteiger partial charge on any atom is -0.497 e. The maximum absolute atomic E-state index is 10.9. The summed E-state index contributed by atoms with van der Waals surface area (Å²) in [6.45, 7) is 9.26. The van der Waals surface area contributed by atoms with E-state index in [0.29, 0.717) is 31.1 Å². The molecule has 5 heteroatoms. The fourth-order valence-corrected chi connectivity index (χ4v) is 2.92. The molecule has 0 amide bonds. The van der Waals surface area contributed by atoms with Gasteiger partial charge in [-0.15, -0.1) is 0 Å². The van der Waals surface area contributed by atoms with Gasteiger partial charge in [-0.1, -0.05) is 39.0 Å². The van der Waals surface area contributed by atoms with E-state index >= 15 is 0 Å². The molecule has 0 spiro atoms. The summed E-state index contributed by atoms with van der Waals surface area (Å²) in [5.74, 6) is 1.33. The molecular weight excluding hydrogens is 356 g/mol. The van der Waals surface area contributed by atoms with Crippen molar-refractivity contribution in [2.24, 2.45) is 0 Å². The first-order valence-corrected chi connectivity index (χ1v) is 9.46. The number of carboxylic acid groups (broad SMARTS) is 1. The molecule has 0 saturated heterocycles. The summed E-state index contributed by atoms with van der Waals surface area (Å²) >= 11 is 0. The van der Waals surface area contributed by atoms with Crippen molar-refractivity contribution in [2.75, 3.05) is 20.3 Å². The Labute approximate surface area is 167 Å². The molecule has 28 heavy (non-hydrogen) atoms. The maximum Gasteiger partial charge on any atom is 0.303 e. The number of hydrogen-bond donors (Lipinski definition) is 1. The van der Waals surface area contributed by atoms with Gasteiger partial charge in [0.2, 0.25) is 0 Å². The molecule has 2 aromatic rings. The van der Waals surface area contributed by atoms with Gasteiger partial charge in [0.15, 0.2) is 0 Å². The van der Waals surface area contributed by atoms with Crippen LogP contribution in [0.4, 0.5) is 0 Å². The summed E-state index contributed by atoms with van der Waals surface area (Å²) in [5.41, 5.74) is 3.13. The molecule has 5 nitrogen and oxygen atoms in total. The molecule has 0 aliphatic rings. The first-order valence-electron chi connectivity index (χ1n) is 9.46. The Morgan fingerprint density at radius 3 is 2.29 bits per heavy atom. The molecule has 0 radical (unpaired) electrons. The number of ether oxygens (including phenoxy) is 3. The second-order valence-corrected chi connectivity index (χ2v) is 7.81. The van der Waals surface area contributed by atoms with Gasteiger partial charge in [-0.05, 0) is 47.6 Å². The predicted octanol–water partition coefficient (Wildman–Crippen LogP) is 4.78. The average molecular weight is 386 g/mol. The van der Waals surface area contributed by atoms with Crippen LogP contribution in [0.25, 0.3) is 0 Å². The number of rotatable bonds is 9. The van der Waals surface area contributed by atoms with Gasteiger partial charge < -0.3 is 19.3 Å². The van der Waals surface area contributed by atoms with Crippen molar-refractivity contribution in [3.05, 3.63) is 53.1 Å². The lowest BCUT2D eigenvalue weighted by molar-refractivity contribution is -0.136. The third-order valence-corrected chi connectivity index (χ3v) is 4.43. The Balaban J connectivity index is 2.04. The molecule has 2 aromatic carbocycles. The van der Waals surface area contributed by atoms with Gasteiger partial charge >= 0.3 is 5.97 Å². The quantitative estimate of drug-likeness (QED) is 0.629. The average Bonchev–Trinajstić information content (AvgIpc) is 2.62. The number of benzene rings is 2. The van der Waals surface area contributed by atoms with Crippen LogP contribution in [0.3, 0.4) is 0 Å². The van der Waals surface area contributed by atoms with Crippen LogP contribution in [-0.2, 0) is 16.6 Å². The van der Waals surface area contributed by atoms with Crippen molar-refractivity contribution >= 4 is 5.97 Å². The Morgan fingerprint density at radius 2 is 1.68 bits per heavy atom. The van der Waals surface area contributed by atoms with E-state index in [2.05, 4.69) is 32.9 Å². The summed E-state index contributed by atoms with van der Waals surface area (Å²) in [6.07, 6.45) is 0.457. The first kappa shape index (κ1) is 21.6. The number of aryl methyl sites for hydroxylation is 2. The monoisotopic (exact) mass is 386 g/mol. The molecule has 0 saturated carbocycles. The molecule has 0 fully saturated rings. The fraction of sp³-hybridized carbons (Fsp3) is 0.435. The lowest BCUT2D eigenvalue weighted by atomic mass is 9.86. The predicted molar refractivity (Wildman–Crippen MR) is 110 cm³/mol. The van der Waals surface area contributed by atoms with Gasteiger partial charge in [0.1, 0.15) is 30.5 Å². The molecule has 0 aliphatic carbocycles. The summed E-state index contributed by atoms with van der Waals surface area (Å²) < 4.78 is 17.2. The Kier molecular flexibility index (Phi) is 7.32. The second-order valence-electron chi connectivity index (χ2n) is 7.81. The van der Waals surface area contributed by atoms with E-state index in [9.17, 15) is 4.79 Å². The third kappa shape index (κ3) is 6.19. The van der Waals surface area contributed by atoms with E-state index in [1.54, 1.807) is 13.2 Å². The van der Waals surface area contributed by atoms with Crippen LogP contribution in [0.1, 0.15) is 43.9 Å². The Morgan fingerprint density at radius 1 is 1.00 bits per heavy atom. The van der Waals surface area contributed by atoms with Gasteiger partial charge in [-0.2, -0.15) is 0 Å². The highest BCUT2D eigenvalue weighted by Gasteiger charge is 2.19. The van der Waals surface area contributed by atoms with Crippen molar-refractivity contribution in [1.29, 1.82) is 0 Å². The van der Waals surface area contributed by atoms with Crippen LogP contribution in [0.2, 0.25) is 0 Å². The minimum absolute atomic E-state index is 0.0132. The Hall–Kier alpha value is -2.69. The van der Waals surface area contributed by atoms with Crippen LogP contribution < -0.4 is 14.2 Å². The number of carboxylic acids is 1. The van der Waals surface area contributed by atoms with E-state index in [4.69, 9.17) is 19.3 Å². The summed E-state index contributed by atoms with van der Waals surface area (Å²) in [6, 6.07) is 11.7. The molecule has 0 heterocycles. The van der Waals surface area contributed by atoms with Crippen molar-refractivity contribution in [2.45, 2.75) is 46.0 Å². The summed E-state index contributed by atoms with van der Waals surface area (Å²) in [4.78, 5) is 10.9. The molecule has 0 atom stereocenters. The number of hydrogen-bond acceptors (Lipinski definition) is 4. The maximum atomic E-state index is 10.9. The topological polar surface area (TPSA) is 65.0 Å². The molecular formula is C23H30O5. The summed E-state index contributed by atoms with van der Waals surface area (Å²) in [7, 11) is 1.59. The van der Waals surface area contributed by atoms with Crippen LogP contribution in [0.5, 0.6) is 17.2 Å².